The number of nitrogens with zero attached hydrogens (tertiary/aromatic N) is 1. The van der Waals surface area contributed by atoms with Crippen LogP contribution in [-0.4, -0.2) is 56.1 Å². The van der Waals surface area contributed by atoms with Crippen molar-refractivity contribution >= 4 is 23.2 Å². The van der Waals surface area contributed by atoms with Gasteiger partial charge in [0.15, 0.2) is 0 Å². The van der Waals surface area contributed by atoms with Gasteiger partial charge in [0, 0.05) is 26.2 Å². The number of hydrogen-bond acceptors (Lipinski definition) is 5. The van der Waals surface area contributed by atoms with Crippen LogP contribution in [0.3, 0.4) is 0 Å². The van der Waals surface area contributed by atoms with Gasteiger partial charge in [-0.1, -0.05) is 13.3 Å². The van der Waals surface area contributed by atoms with E-state index in [2.05, 4.69) is 27.0 Å². The van der Waals surface area contributed by atoms with Crippen LogP contribution in [0.5, 0.6) is 0 Å². The van der Waals surface area contributed by atoms with Crippen molar-refractivity contribution in [2.75, 3.05) is 39.4 Å². The van der Waals surface area contributed by atoms with Gasteiger partial charge in [0.2, 0.25) is 0 Å². The summed E-state index contributed by atoms with van der Waals surface area (Å²) in [7, 11) is 0. The van der Waals surface area contributed by atoms with E-state index in [1.807, 2.05) is 12.3 Å². The first-order chi connectivity index (χ1) is 11.2. The maximum atomic E-state index is 11.9. The van der Waals surface area contributed by atoms with Crippen molar-refractivity contribution in [2.45, 2.75) is 25.8 Å². The van der Waals surface area contributed by atoms with E-state index in [1.165, 1.54) is 5.56 Å². The Morgan fingerprint density at radius 2 is 2.04 bits per heavy atom. The van der Waals surface area contributed by atoms with Gasteiger partial charge in [-0.15, -0.1) is 0 Å². The Morgan fingerprint density at radius 3 is 2.70 bits per heavy atom. The van der Waals surface area contributed by atoms with Gasteiger partial charge in [0.05, 0.1) is 19.3 Å². The highest BCUT2D eigenvalue weighted by molar-refractivity contribution is 7.07. The smallest absolute Gasteiger partial charge is 0.309 e. The summed E-state index contributed by atoms with van der Waals surface area (Å²) in [6.07, 6.45) is 1.86. The first kappa shape index (κ1) is 17.9. The summed E-state index contributed by atoms with van der Waals surface area (Å²) in [6.45, 7) is 6.08. The summed E-state index contributed by atoms with van der Waals surface area (Å²) < 4.78 is 5.40. The van der Waals surface area contributed by atoms with E-state index >= 15 is 0 Å². The molecule has 2 heterocycles. The third-order valence-electron chi connectivity index (χ3n) is 3.89. The Labute approximate surface area is 141 Å². The average molecular weight is 339 g/mol. The van der Waals surface area contributed by atoms with Crippen LogP contribution >= 0.6 is 11.3 Å². The minimum absolute atomic E-state index is 0.0811. The van der Waals surface area contributed by atoms with Crippen LogP contribution in [0.25, 0.3) is 0 Å². The Hall–Kier alpha value is -1.44. The maximum Gasteiger partial charge on any atom is 0.309 e. The van der Waals surface area contributed by atoms with Crippen molar-refractivity contribution in [2.24, 2.45) is 0 Å². The zero-order valence-electron chi connectivity index (χ0n) is 13.5. The maximum absolute atomic E-state index is 11.9. The first-order valence-electron chi connectivity index (χ1n) is 8.12. The van der Waals surface area contributed by atoms with E-state index in [-0.39, 0.29) is 6.04 Å². The molecule has 2 amide bonds. The van der Waals surface area contributed by atoms with Crippen LogP contribution in [0, 0.1) is 0 Å². The van der Waals surface area contributed by atoms with E-state index in [0.29, 0.717) is 26.3 Å². The highest BCUT2D eigenvalue weighted by Crippen LogP contribution is 2.23. The van der Waals surface area contributed by atoms with Gasteiger partial charge in [-0.3, -0.25) is 14.5 Å². The zero-order chi connectivity index (χ0) is 16.5. The molecular formula is C16H25N3O3S. The van der Waals surface area contributed by atoms with Crippen LogP contribution in [0.2, 0.25) is 0 Å². The molecule has 6 nitrogen and oxygen atoms in total. The van der Waals surface area contributed by atoms with Gasteiger partial charge in [-0.05, 0) is 28.8 Å². The molecule has 2 N–H and O–H groups in total. The number of hydrogen-bond donors (Lipinski definition) is 2. The molecule has 0 aromatic carbocycles. The quantitative estimate of drug-likeness (QED) is 0.578. The molecule has 23 heavy (non-hydrogen) atoms. The molecular weight excluding hydrogens is 314 g/mol. The largest absolute Gasteiger partial charge is 0.379 e. The number of ether oxygens (including phenoxy) is 1. The van der Waals surface area contributed by atoms with Gasteiger partial charge in [-0.2, -0.15) is 11.3 Å². The lowest BCUT2D eigenvalue weighted by Crippen LogP contribution is -2.46. The molecule has 0 radical (unpaired) electrons. The first-order valence-corrected chi connectivity index (χ1v) is 9.06. The second-order valence-electron chi connectivity index (χ2n) is 5.54. The Balaban J connectivity index is 1.88. The Bertz CT molecular complexity index is 487. The summed E-state index contributed by atoms with van der Waals surface area (Å²) >= 11 is 1.64. The van der Waals surface area contributed by atoms with Gasteiger partial charge in [0.1, 0.15) is 0 Å². The van der Waals surface area contributed by atoms with Crippen LogP contribution in [0.4, 0.5) is 0 Å². The second kappa shape index (κ2) is 9.64. The molecule has 1 atom stereocenters. The van der Waals surface area contributed by atoms with Gasteiger partial charge < -0.3 is 15.4 Å². The molecule has 1 aromatic rings. The molecule has 0 bridgehead atoms. The van der Waals surface area contributed by atoms with E-state index in [0.717, 1.165) is 25.9 Å². The third-order valence-corrected chi connectivity index (χ3v) is 4.59. The number of morpholine rings is 1. The summed E-state index contributed by atoms with van der Waals surface area (Å²) in [5.74, 6) is -1.11. The minimum Gasteiger partial charge on any atom is -0.379 e. The number of rotatable bonds is 7. The van der Waals surface area contributed by atoms with Gasteiger partial charge in [-0.25, -0.2) is 0 Å². The lowest BCUT2D eigenvalue weighted by Gasteiger charge is -2.34. The van der Waals surface area contributed by atoms with Gasteiger partial charge in [0.25, 0.3) is 0 Å². The fourth-order valence-electron chi connectivity index (χ4n) is 2.54. The highest BCUT2D eigenvalue weighted by Gasteiger charge is 2.24. The average Bonchev–Trinajstić information content (AvgIpc) is 3.10. The molecule has 1 fully saturated rings. The molecule has 0 aliphatic carbocycles. The molecule has 0 spiro atoms. The van der Waals surface area contributed by atoms with Crippen LogP contribution in [0.1, 0.15) is 31.4 Å². The second-order valence-corrected chi connectivity index (χ2v) is 6.32. The van der Waals surface area contributed by atoms with Crippen molar-refractivity contribution < 1.29 is 14.3 Å². The number of carbonyl (C=O) groups is 2. The van der Waals surface area contributed by atoms with Crippen molar-refractivity contribution in [3.05, 3.63) is 22.4 Å². The normalized spacial score (nSPS) is 16.7. The molecule has 0 saturated carbocycles. The summed E-state index contributed by atoms with van der Waals surface area (Å²) in [5.41, 5.74) is 1.17. The SMILES string of the molecule is CCCCNC(=O)C(=O)NCC(c1ccsc1)N1CCOCC1. The summed E-state index contributed by atoms with van der Waals surface area (Å²) in [6, 6.07) is 2.15. The van der Waals surface area contributed by atoms with Crippen molar-refractivity contribution in [3.63, 3.8) is 0 Å². The van der Waals surface area contributed by atoms with E-state index in [4.69, 9.17) is 4.74 Å². The number of amides is 2. The fraction of sp³-hybridized carbons (Fsp3) is 0.625. The lowest BCUT2D eigenvalue weighted by molar-refractivity contribution is -0.139. The van der Waals surface area contributed by atoms with Crippen LogP contribution in [0.15, 0.2) is 16.8 Å². The topological polar surface area (TPSA) is 70.7 Å². The monoisotopic (exact) mass is 339 g/mol. The molecule has 1 saturated heterocycles. The lowest BCUT2D eigenvalue weighted by atomic mass is 10.1. The minimum atomic E-state index is -0.561. The van der Waals surface area contributed by atoms with E-state index in [1.54, 1.807) is 11.3 Å². The fourth-order valence-corrected chi connectivity index (χ4v) is 3.25. The van der Waals surface area contributed by atoms with Crippen molar-refractivity contribution in [3.8, 4) is 0 Å². The predicted octanol–water partition coefficient (Wildman–Crippen LogP) is 1.15. The standard InChI is InChI=1S/C16H25N3O3S/c1-2-3-5-17-15(20)16(21)18-11-14(13-4-10-23-12-13)19-6-8-22-9-7-19/h4,10,12,14H,2-3,5-9,11H2,1H3,(H,17,20)(H,18,21). The number of thiophene rings is 1. The van der Waals surface area contributed by atoms with Crippen molar-refractivity contribution in [1.29, 1.82) is 0 Å². The zero-order valence-corrected chi connectivity index (χ0v) is 14.4. The molecule has 1 unspecified atom stereocenters. The summed E-state index contributed by atoms with van der Waals surface area (Å²) in [4.78, 5) is 26.0. The Morgan fingerprint density at radius 1 is 1.30 bits per heavy atom. The molecule has 128 valence electrons. The van der Waals surface area contributed by atoms with E-state index in [9.17, 15) is 9.59 Å². The predicted molar refractivity (Wildman–Crippen MR) is 90.4 cm³/mol. The molecule has 2 rings (SSSR count). The molecule has 1 aromatic heterocycles. The molecule has 1 aliphatic rings. The summed E-state index contributed by atoms with van der Waals surface area (Å²) in [5, 5.41) is 9.53. The van der Waals surface area contributed by atoms with Gasteiger partial charge >= 0.3 is 11.8 Å². The highest BCUT2D eigenvalue weighted by atomic mass is 32.1. The van der Waals surface area contributed by atoms with Crippen LogP contribution < -0.4 is 10.6 Å². The Kier molecular flexibility index (Phi) is 7.51. The molecule has 1 aliphatic heterocycles. The number of nitrogens with one attached hydrogen (secondary N) is 2. The molecule has 7 heteroatoms. The third kappa shape index (κ3) is 5.60. The number of carbonyl (C=O) groups excluding carboxylic acids is 2. The van der Waals surface area contributed by atoms with E-state index < -0.39 is 11.8 Å². The number of unbranched alkanes of at least 4 members (excludes halogenated alkanes) is 1. The van der Waals surface area contributed by atoms with Crippen LogP contribution in [-0.2, 0) is 14.3 Å². The van der Waals surface area contributed by atoms with Crippen molar-refractivity contribution in [1.82, 2.24) is 15.5 Å².